The first kappa shape index (κ1) is 5.67. The molecule has 0 bridgehead atoms. The van der Waals surface area contributed by atoms with Gasteiger partial charge in [-0.15, -0.1) is 0 Å². The van der Waals surface area contributed by atoms with E-state index in [9.17, 15) is 4.79 Å². The highest BCUT2D eigenvalue weighted by atomic mass is 16.1. The van der Waals surface area contributed by atoms with Crippen molar-refractivity contribution >= 4 is 6.29 Å². The molecule has 8 heavy (non-hydrogen) atoms. The lowest BCUT2D eigenvalue weighted by molar-refractivity contribution is 0.487. The van der Waals surface area contributed by atoms with Gasteiger partial charge in [0.2, 0.25) is 0 Å². The maximum Gasteiger partial charge on any atom is 0.529 e. The van der Waals surface area contributed by atoms with Crippen molar-refractivity contribution in [2.75, 3.05) is 0 Å². The van der Waals surface area contributed by atoms with Crippen LogP contribution in [0, 0.1) is 0 Å². The molecular weight excluding hydrogens is 102 g/mol. The van der Waals surface area contributed by atoms with E-state index in [0.29, 0.717) is 0 Å². The van der Waals surface area contributed by atoms with Crippen LogP contribution in [0.25, 0.3) is 0 Å². The van der Waals surface area contributed by atoms with Crippen molar-refractivity contribution in [2.45, 2.75) is 31.2 Å². The van der Waals surface area contributed by atoms with Crippen molar-refractivity contribution < 1.29 is 4.79 Å². The van der Waals surface area contributed by atoms with Crippen LogP contribution in [0.15, 0.2) is 0 Å². The largest absolute Gasteiger partial charge is 0.529 e. The van der Waals surface area contributed by atoms with Crippen molar-refractivity contribution in [2.24, 2.45) is 5.73 Å². The summed E-state index contributed by atoms with van der Waals surface area (Å²) < 4.78 is 0. The summed E-state index contributed by atoms with van der Waals surface area (Å²) in [5.74, 6) is 0. The molecule has 2 nitrogen and oxygen atoms in total. The zero-order chi connectivity index (χ0) is 6.04. The van der Waals surface area contributed by atoms with E-state index < -0.39 is 5.54 Å². The lowest BCUT2D eigenvalue weighted by Gasteiger charge is -1.97. The summed E-state index contributed by atoms with van der Waals surface area (Å²) in [7, 11) is 0. The van der Waals surface area contributed by atoms with Crippen LogP contribution < -0.4 is 5.73 Å². The molecule has 0 aliphatic heterocycles. The second kappa shape index (κ2) is 1.81. The normalized spacial score (nSPS) is 25.1. The van der Waals surface area contributed by atoms with E-state index in [1.54, 1.807) is 0 Å². The van der Waals surface area contributed by atoms with Gasteiger partial charge >= 0.3 is 6.29 Å². The first-order chi connectivity index (χ1) is 3.77. The molecule has 0 saturated heterocycles. The summed E-state index contributed by atoms with van der Waals surface area (Å²) in [4.78, 5) is 10.1. The van der Waals surface area contributed by atoms with E-state index in [0.717, 1.165) is 25.7 Å². The fourth-order valence-electron chi connectivity index (χ4n) is 1.11. The maximum atomic E-state index is 10.1. The third-order valence-electron chi connectivity index (χ3n) is 1.70. The Labute approximate surface area is 49.1 Å². The zero-order valence-corrected chi connectivity index (χ0v) is 4.81. The molecule has 0 aromatic carbocycles. The maximum absolute atomic E-state index is 10.1. The molecule has 0 radical (unpaired) electrons. The smallest absolute Gasteiger partial charge is 0.275 e. The third kappa shape index (κ3) is 0.857. The van der Waals surface area contributed by atoms with Gasteiger partial charge in [-0.2, -0.15) is 0 Å². The van der Waals surface area contributed by atoms with Gasteiger partial charge < -0.3 is 0 Å². The van der Waals surface area contributed by atoms with E-state index in [1.807, 2.05) is 6.29 Å². The molecule has 0 aromatic heterocycles. The lowest BCUT2D eigenvalue weighted by Crippen LogP contribution is -2.37. The fraction of sp³-hybridized carbons (Fsp3) is 0.833. The first-order valence-corrected chi connectivity index (χ1v) is 2.95. The minimum atomic E-state index is -0.569. The van der Waals surface area contributed by atoms with Gasteiger partial charge in [0.1, 0.15) is 0 Å². The Hall–Kier alpha value is -0.460. The van der Waals surface area contributed by atoms with Gasteiger partial charge in [0.25, 0.3) is 5.54 Å². The topological polar surface area (TPSA) is 43.1 Å². The summed E-state index contributed by atoms with van der Waals surface area (Å²) in [6, 6.07) is 0. The number of hydrogen-bond acceptors (Lipinski definition) is 2. The van der Waals surface area contributed by atoms with E-state index in [4.69, 9.17) is 5.73 Å². The minimum absolute atomic E-state index is 0.569. The van der Waals surface area contributed by atoms with Crippen molar-refractivity contribution in [1.82, 2.24) is 0 Å². The zero-order valence-electron chi connectivity index (χ0n) is 4.81. The highest BCUT2D eigenvalue weighted by Crippen LogP contribution is 2.24. The Morgan fingerprint density at radius 2 is 1.88 bits per heavy atom. The van der Waals surface area contributed by atoms with E-state index in [-0.39, 0.29) is 0 Å². The molecule has 1 aliphatic rings. The summed E-state index contributed by atoms with van der Waals surface area (Å²) in [5, 5.41) is 0. The molecule has 1 rings (SSSR count). The summed E-state index contributed by atoms with van der Waals surface area (Å²) in [5.41, 5.74) is 4.97. The van der Waals surface area contributed by atoms with Crippen LogP contribution >= 0.6 is 0 Å². The molecular formula is C6H10NO+. The van der Waals surface area contributed by atoms with E-state index in [2.05, 4.69) is 0 Å². The predicted molar refractivity (Wildman–Crippen MR) is 31.1 cm³/mol. The van der Waals surface area contributed by atoms with Gasteiger partial charge in [0.05, 0.1) is 0 Å². The Bertz CT molecular complexity index is 94.7. The van der Waals surface area contributed by atoms with Gasteiger partial charge in [-0.1, -0.05) is 0 Å². The Morgan fingerprint density at radius 1 is 1.38 bits per heavy atom. The quantitative estimate of drug-likeness (QED) is 0.498. The molecule has 0 amide bonds. The highest BCUT2D eigenvalue weighted by molar-refractivity contribution is 5.64. The molecule has 1 saturated carbocycles. The van der Waals surface area contributed by atoms with Crippen LogP contribution in [0.2, 0.25) is 0 Å². The van der Waals surface area contributed by atoms with Crippen molar-refractivity contribution in [3.05, 3.63) is 0 Å². The standard InChI is InChI=1S/C6H10NO/c7-6(5-8)3-1-2-4-6/h1-4,7H2/q+1. The minimum Gasteiger partial charge on any atom is -0.275 e. The second-order valence-corrected chi connectivity index (χ2v) is 2.47. The first-order valence-electron chi connectivity index (χ1n) is 2.95. The molecule has 0 aromatic rings. The molecule has 1 fully saturated rings. The molecule has 0 spiro atoms. The van der Waals surface area contributed by atoms with Crippen molar-refractivity contribution in [3.8, 4) is 0 Å². The van der Waals surface area contributed by atoms with Gasteiger partial charge in [0.15, 0.2) is 0 Å². The fourth-order valence-corrected chi connectivity index (χ4v) is 1.11. The Balaban J connectivity index is 2.52. The van der Waals surface area contributed by atoms with Crippen LogP contribution in [0.3, 0.4) is 0 Å². The number of nitrogens with two attached hydrogens (primary N) is 1. The average Bonchev–Trinajstić information content (AvgIpc) is 2.17. The number of hydrogen-bond donors (Lipinski definition) is 1. The summed E-state index contributed by atoms with van der Waals surface area (Å²) >= 11 is 0. The summed E-state index contributed by atoms with van der Waals surface area (Å²) in [6.45, 7) is 0. The van der Waals surface area contributed by atoms with Crippen LogP contribution in [0.5, 0.6) is 0 Å². The average molecular weight is 112 g/mol. The van der Waals surface area contributed by atoms with Crippen LogP contribution in [-0.4, -0.2) is 11.8 Å². The van der Waals surface area contributed by atoms with Crippen LogP contribution in [0.1, 0.15) is 25.7 Å². The third-order valence-corrected chi connectivity index (χ3v) is 1.70. The van der Waals surface area contributed by atoms with E-state index >= 15 is 0 Å². The molecule has 44 valence electrons. The monoisotopic (exact) mass is 112 g/mol. The van der Waals surface area contributed by atoms with Gasteiger partial charge in [-0.3, -0.25) is 5.73 Å². The van der Waals surface area contributed by atoms with Crippen LogP contribution in [0.4, 0.5) is 0 Å². The SMILES string of the molecule is NC1([C+]=O)CCCC1. The number of carbonyl (C=O) groups excluding carboxylic acids is 1. The van der Waals surface area contributed by atoms with E-state index in [1.165, 1.54) is 0 Å². The Morgan fingerprint density at radius 3 is 2.12 bits per heavy atom. The molecule has 0 atom stereocenters. The molecule has 2 N–H and O–H groups in total. The molecule has 2 heteroatoms. The lowest BCUT2D eigenvalue weighted by atomic mass is 10.0. The van der Waals surface area contributed by atoms with Crippen molar-refractivity contribution in [1.29, 1.82) is 0 Å². The van der Waals surface area contributed by atoms with Gasteiger partial charge in [0, 0.05) is 17.6 Å². The number of rotatable bonds is 1. The van der Waals surface area contributed by atoms with Gasteiger partial charge in [-0.05, 0) is 12.8 Å². The summed E-state index contributed by atoms with van der Waals surface area (Å²) in [6.07, 6.45) is 5.71. The van der Waals surface area contributed by atoms with Gasteiger partial charge in [-0.25, -0.2) is 0 Å². The van der Waals surface area contributed by atoms with Crippen LogP contribution in [-0.2, 0) is 4.79 Å². The molecule has 0 unspecified atom stereocenters. The predicted octanol–water partition coefficient (Wildman–Crippen LogP) is 0.368. The molecule has 0 heterocycles. The van der Waals surface area contributed by atoms with Crippen molar-refractivity contribution in [3.63, 3.8) is 0 Å². The Kier molecular flexibility index (Phi) is 1.28. The molecule has 1 aliphatic carbocycles. The highest BCUT2D eigenvalue weighted by Gasteiger charge is 2.42. The second-order valence-electron chi connectivity index (χ2n) is 2.47.